The van der Waals surface area contributed by atoms with Gasteiger partial charge in [0.25, 0.3) is 0 Å². The Morgan fingerprint density at radius 1 is 0.938 bits per heavy atom. The van der Waals surface area contributed by atoms with E-state index in [0.717, 1.165) is 15.5 Å². The largest absolute Gasteiger partial charge is 0.398 e. The van der Waals surface area contributed by atoms with E-state index in [1.54, 1.807) is 23.9 Å². The van der Waals surface area contributed by atoms with E-state index in [9.17, 15) is 0 Å². The number of halogens is 2. The molecule has 0 atom stereocenters. The third-order valence-corrected chi connectivity index (χ3v) is 3.53. The van der Waals surface area contributed by atoms with Crippen LogP contribution < -0.4 is 5.73 Å². The van der Waals surface area contributed by atoms with Gasteiger partial charge in [-0.3, -0.25) is 0 Å². The Morgan fingerprint density at radius 3 is 2.44 bits per heavy atom. The SMILES string of the molecule is Nc1ccc(Cl)cc1Sc1cccc(Cl)c1. The monoisotopic (exact) mass is 269 g/mol. The second-order valence-electron chi connectivity index (χ2n) is 3.24. The van der Waals surface area contributed by atoms with Crippen LogP contribution in [0, 0.1) is 0 Å². The van der Waals surface area contributed by atoms with E-state index in [-0.39, 0.29) is 0 Å². The summed E-state index contributed by atoms with van der Waals surface area (Å²) < 4.78 is 0. The molecule has 0 aliphatic rings. The molecule has 2 aromatic rings. The molecule has 2 aromatic carbocycles. The Bertz CT molecular complexity index is 514. The standard InChI is InChI=1S/C12H9Cl2NS/c13-8-2-1-3-10(6-8)16-12-7-9(14)4-5-11(12)15/h1-7H,15H2. The maximum absolute atomic E-state index is 5.92. The minimum Gasteiger partial charge on any atom is -0.398 e. The molecule has 0 bridgehead atoms. The molecule has 1 nitrogen and oxygen atoms in total. The highest BCUT2D eigenvalue weighted by Gasteiger charge is 2.03. The quantitative estimate of drug-likeness (QED) is 0.798. The molecule has 0 radical (unpaired) electrons. The van der Waals surface area contributed by atoms with Gasteiger partial charge < -0.3 is 5.73 Å². The zero-order chi connectivity index (χ0) is 11.5. The normalized spacial score (nSPS) is 10.4. The Labute approximate surface area is 109 Å². The fourth-order valence-electron chi connectivity index (χ4n) is 1.25. The van der Waals surface area contributed by atoms with Gasteiger partial charge in [-0.05, 0) is 36.4 Å². The van der Waals surface area contributed by atoms with Crippen LogP contribution in [0.1, 0.15) is 0 Å². The van der Waals surface area contributed by atoms with Crippen LogP contribution in [0.5, 0.6) is 0 Å². The summed E-state index contributed by atoms with van der Waals surface area (Å²) in [5.74, 6) is 0. The Kier molecular flexibility index (Phi) is 3.64. The van der Waals surface area contributed by atoms with E-state index in [2.05, 4.69) is 0 Å². The summed E-state index contributed by atoms with van der Waals surface area (Å²) in [5.41, 5.74) is 6.58. The minimum atomic E-state index is 0.679. The highest BCUT2D eigenvalue weighted by molar-refractivity contribution is 7.99. The van der Waals surface area contributed by atoms with Gasteiger partial charge >= 0.3 is 0 Å². The maximum Gasteiger partial charge on any atom is 0.0456 e. The number of nitrogens with two attached hydrogens (primary N) is 1. The van der Waals surface area contributed by atoms with Gasteiger partial charge in [-0.25, -0.2) is 0 Å². The predicted molar refractivity (Wildman–Crippen MR) is 71.4 cm³/mol. The number of rotatable bonds is 2. The summed E-state index contributed by atoms with van der Waals surface area (Å²) in [7, 11) is 0. The van der Waals surface area contributed by atoms with Gasteiger partial charge in [0.1, 0.15) is 0 Å². The fraction of sp³-hybridized carbons (Fsp3) is 0. The molecule has 0 unspecified atom stereocenters. The highest BCUT2D eigenvalue weighted by Crippen LogP contribution is 2.34. The molecule has 0 amide bonds. The smallest absolute Gasteiger partial charge is 0.0456 e. The van der Waals surface area contributed by atoms with Gasteiger partial charge in [-0.1, -0.05) is 41.0 Å². The van der Waals surface area contributed by atoms with Gasteiger partial charge in [0, 0.05) is 25.5 Å². The zero-order valence-corrected chi connectivity index (χ0v) is 10.6. The first-order chi connectivity index (χ1) is 7.65. The molecule has 0 saturated carbocycles. The Balaban J connectivity index is 2.30. The molecule has 0 heterocycles. The van der Waals surface area contributed by atoms with Crippen LogP contribution in [-0.4, -0.2) is 0 Å². The summed E-state index contributed by atoms with van der Waals surface area (Å²) in [5, 5.41) is 1.39. The molecule has 0 aromatic heterocycles. The van der Waals surface area contributed by atoms with Crippen LogP contribution in [0.4, 0.5) is 5.69 Å². The van der Waals surface area contributed by atoms with Crippen molar-refractivity contribution in [3.05, 3.63) is 52.5 Å². The van der Waals surface area contributed by atoms with E-state index in [1.165, 1.54) is 0 Å². The van der Waals surface area contributed by atoms with Gasteiger partial charge in [0.2, 0.25) is 0 Å². The summed E-state index contributed by atoms with van der Waals surface area (Å²) in [6, 6.07) is 13.1. The second-order valence-corrected chi connectivity index (χ2v) is 5.23. The first kappa shape index (κ1) is 11.6. The van der Waals surface area contributed by atoms with Crippen LogP contribution in [0.3, 0.4) is 0 Å². The number of benzene rings is 2. The van der Waals surface area contributed by atoms with Crippen molar-refractivity contribution in [3.63, 3.8) is 0 Å². The van der Waals surface area contributed by atoms with Gasteiger partial charge in [-0.2, -0.15) is 0 Å². The number of anilines is 1. The topological polar surface area (TPSA) is 26.0 Å². The number of nitrogen functional groups attached to an aromatic ring is 1. The van der Waals surface area contributed by atoms with Crippen molar-refractivity contribution >= 4 is 40.7 Å². The first-order valence-electron chi connectivity index (χ1n) is 4.63. The highest BCUT2D eigenvalue weighted by atomic mass is 35.5. The van der Waals surface area contributed by atoms with E-state index < -0.39 is 0 Å². The molecule has 4 heteroatoms. The van der Waals surface area contributed by atoms with Gasteiger partial charge in [-0.15, -0.1) is 0 Å². The van der Waals surface area contributed by atoms with Crippen LogP contribution in [-0.2, 0) is 0 Å². The van der Waals surface area contributed by atoms with E-state index >= 15 is 0 Å². The van der Waals surface area contributed by atoms with Crippen molar-refractivity contribution < 1.29 is 0 Å². The van der Waals surface area contributed by atoms with Crippen LogP contribution >= 0.6 is 35.0 Å². The average Bonchev–Trinajstić information content (AvgIpc) is 2.24. The van der Waals surface area contributed by atoms with Crippen molar-refractivity contribution in [3.8, 4) is 0 Å². The Hall–Kier alpha value is -0.830. The molecule has 0 aliphatic carbocycles. The molecular weight excluding hydrogens is 261 g/mol. The summed E-state index contributed by atoms with van der Waals surface area (Å²) in [6.45, 7) is 0. The molecule has 16 heavy (non-hydrogen) atoms. The van der Waals surface area contributed by atoms with E-state index in [0.29, 0.717) is 10.0 Å². The van der Waals surface area contributed by atoms with Crippen molar-refractivity contribution in [1.82, 2.24) is 0 Å². The molecule has 82 valence electrons. The lowest BCUT2D eigenvalue weighted by molar-refractivity contribution is 1.41. The van der Waals surface area contributed by atoms with Crippen molar-refractivity contribution in [1.29, 1.82) is 0 Å². The van der Waals surface area contributed by atoms with E-state index in [1.807, 2.05) is 30.3 Å². The minimum absolute atomic E-state index is 0.679. The summed E-state index contributed by atoms with van der Waals surface area (Å²) in [6.07, 6.45) is 0. The lowest BCUT2D eigenvalue weighted by Crippen LogP contribution is -1.87. The third-order valence-electron chi connectivity index (χ3n) is 2.00. The Morgan fingerprint density at radius 2 is 1.69 bits per heavy atom. The van der Waals surface area contributed by atoms with Gasteiger partial charge in [0.05, 0.1) is 0 Å². The van der Waals surface area contributed by atoms with Crippen LogP contribution in [0.2, 0.25) is 10.0 Å². The molecule has 0 aliphatic heterocycles. The van der Waals surface area contributed by atoms with Crippen molar-refractivity contribution in [2.45, 2.75) is 9.79 Å². The second kappa shape index (κ2) is 5.00. The third kappa shape index (κ3) is 2.85. The van der Waals surface area contributed by atoms with Gasteiger partial charge in [0.15, 0.2) is 0 Å². The molecule has 0 fully saturated rings. The lowest BCUT2D eigenvalue weighted by Gasteiger charge is -2.06. The molecule has 0 saturated heterocycles. The molecule has 2 N–H and O–H groups in total. The summed E-state index contributed by atoms with van der Waals surface area (Å²) >= 11 is 13.4. The summed E-state index contributed by atoms with van der Waals surface area (Å²) in [4.78, 5) is 1.98. The van der Waals surface area contributed by atoms with Crippen LogP contribution in [0.25, 0.3) is 0 Å². The fourth-order valence-corrected chi connectivity index (χ4v) is 2.70. The average molecular weight is 270 g/mol. The van der Waals surface area contributed by atoms with Crippen molar-refractivity contribution in [2.24, 2.45) is 0 Å². The predicted octanol–water partition coefficient (Wildman–Crippen LogP) is 4.73. The maximum atomic E-state index is 5.92. The molecule has 2 rings (SSSR count). The molecular formula is C12H9Cl2NS. The zero-order valence-electron chi connectivity index (χ0n) is 8.28. The number of hydrogen-bond donors (Lipinski definition) is 1. The lowest BCUT2D eigenvalue weighted by atomic mass is 10.3. The first-order valence-corrected chi connectivity index (χ1v) is 6.21. The van der Waals surface area contributed by atoms with Crippen LogP contribution in [0.15, 0.2) is 52.3 Å². The van der Waals surface area contributed by atoms with Crippen molar-refractivity contribution in [2.75, 3.05) is 5.73 Å². The number of hydrogen-bond acceptors (Lipinski definition) is 2. The molecule has 0 spiro atoms. The van der Waals surface area contributed by atoms with E-state index in [4.69, 9.17) is 28.9 Å².